The number of carbonyl (C=O) groups excluding carboxylic acids is 2. The largest absolute Gasteiger partial charge is 0.326 e. The van der Waals surface area contributed by atoms with E-state index in [1.807, 2.05) is 0 Å². The minimum atomic E-state index is -0.177. The predicted molar refractivity (Wildman–Crippen MR) is 103 cm³/mol. The van der Waals surface area contributed by atoms with Gasteiger partial charge in [0.2, 0.25) is 5.91 Å². The Morgan fingerprint density at radius 1 is 1.23 bits per heavy atom. The van der Waals surface area contributed by atoms with Gasteiger partial charge in [-0.25, -0.2) is 4.98 Å². The van der Waals surface area contributed by atoms with Crippen LogP contribution in [0.5, 0.6) is 0 Å². The molecule has 2 heterocycles. The molecule has 1 aliphatic heterocycles. The van der Waals surface area contributed by atoms with Gasteiger partial charge >= 0.3 is 0 Å². The minimum absolute atomic E-state index is 0.0664. The highest BCUT2D eigenvalue weighted by Gasteiger charge is 2.29. The number of likely N-dealkylation sites (N-methyl/N-ethyl adjacent to an activating group) is 1. The van der Waals surface area contributed by atoms with E-state index in [1.165, 1.54) is 4.88 Å². The summed E-state index contributed by atoms with van der Waals surface area (Å²) < 4.78 is 0. The molecule has 0 saturated heterocycles. The zero-order valence-electron chi connectivity index (χ0n) is 14.7. The van der Waals surface area contributed by atoms with Crippen molar-refractivity contribution in [3.63, 3.8) is 0 Å². The average Bonchev–Trinajstić information content (AvgIpc) is 3.42. The third-order valence-corrected chi connectivity index (χ3v) is 5.84. The molecule has 1 aromatic heterocycles. The van der Waals surface area contributed by atoms with Crippen LogP contribution in [-0.2, 0) is 17.8 Å². The van der Waals surface area contributed by atoms with Crippen molar-refractivity contribution in [3.8, 4) is 0 Å². The molecular formula is C19H22N4O2S. The molecule has 2 N–H and O–H groups in total. The first-order valence-electron chi connectivity index (χ1n) is 9.05. The molecule has 26 heavy (non-hydrogen) atoms. The molecule has 1 fully saturated rings. The fraction of sp³-hybridized carbons (Fsp3) is 0.421. The van der Waals surface area contributed by atoms with Crippen molar-refractivity contribution in [1.29, 1.82) is 0 Å². The summed E-state index contributed by atoms with van der Waals surface area (Å²) in [5.74, 6) is 0.0535. The number of carbonyl (C=O) groups is 2. The van der Waals surface area contributed by atoms with E-state index in [9.17, 15) is 9.59 Å². The standard InChI is InChI=1S/C19H22N4O2S/c1-2-23-10-9-15-16(11-23)26-19(21-15)22-18(25)13-5-7-14(8-6-13)20-17(24)12-3-4-12/h5-8,12H,2-4,9-11H2,1H3,(H,20,24)(H,21,22,25). The molecule has 1 aliphatic carbocycles. The monoisotopic (exact) mass is 370 g/mol. The summed E-state index contributed by atoms with van der Waals surface area (Å²) >= 11 is 1.56. The SMILES string of the molecule is CCN1CCc2nc(NC(=O)c3ccc(NC(=O)C4CC4)cc3)sc2C1. The lowest BCUT2D eigenvalue weighted by Gasteiger charge is -2.23. The average molecular weight is 370 g/mol. The lowest BCUT2D eigenvalue weighted by Crippen LogP contribution is -2.29. The molecule has 0 spiro atoms. The Balaban J connectivity index is 1.39. The first kappa shape index (κ1) is 17.2. The number of anilines is 2. The van der Waals surface area contributed by atoms with E-state index in [2.05, 4.69) is 27.4 Å². The van der Waals surface area contributed by atoms with E-state index in [4.69, 9.17) is 0 Å². The van der Waals surface area contributed by atoms with Crippen LogP contribution in [0.25, 0.3) is 0 Å². The van der Waals surface area contributed by atoms with Crippen molar-refractivity contribution >= 4 is 34.0 Å². The quantitative estimate of drug-likeness (QED) is 0.848. The molecule has 0 radical (unpaired) electrons. The molecule has 4 rings (SSSR count). The summed E-state index contributed by atoms with van der Waals surface area (Å²) in [6.45, 7) is 5.12. The Bertz CT molecular complexity index is 827. The number of thiazole rings is 1. The molecule has 0 unspecified atom stereocenters. The molecule has 6 nitrogen and oxygen atoms in total. The molecule has 0 atom stereocenters. The molecule has 1 aromatic carbocycles. The van der Waals surface area contributed by atoms with Gasteiger partial charge in [-0.1, -0.05) is 6.92 Å². The highest BCUT2D eigenvalue weighted by molar-refractivity contribution is 7.15. The number of rotatable bonds is 5. The summed E-state index contributed by atoms with van der Waals surface area (Å²) in [5, 5.41) is 6.43. The molecule has 2 amide bonds. The van der Waals surface area contributed by atoms with E-state index in [0.29, 0.717) is 10.7 Å². The van der Waals surface area contributed by atoms with Crippen molar-refractivity contribution in [2.75, 3.05) is 23.7 Å². The molecular weight excluding hydrogens is 348 g/mol. The lowest BCUT2D eigenvalue weighted by molar-refractivity contribution is -0.117. The van der Waals surface area contributed by atoms with Crippen LogP contribution in [-0.4, -0.2) is 34.8 Å². The van der Waals surface area contributed by atoms with Gasteiger partial charge in [0.25, 0.3) is 5.91 Å². The van der Waals surface area contributed by atoms with E-state index in [-0.39, 0.29) is 17.7 Å². The van der Waals surface area contributed by atoms with Crippen LogP contribution in [0.15, 0.2) is 24.3 Å². The van der Waals surface area contributed by atoms with Gasteiger partial charge in [-0.2, -0.15) is 0 Å². The Morgan fingerprint density at radius 3 is 2.69 bits per heavy atom. The van der Waals surface area contributed by atoms with Crippen LogP contribution >= 0.6 is 11.3 Å². The van der Waals surface area contributed by atoms with E-state index < -0.39 is 0 Å². The second-order valence-electron chi connectivity index (χ2n) is 6.80. The van der Waals surface area contributed by atoms with Crippen LogP contribution in [0.3, 0.4) is 0 Å². The van der Waals surface area contributed by atoms with Crippen molar-refractivity contribution in [3.05, 3.63) is 40.4 Å². The van der Waals surface area contributed by atoms with Gasteiger partial charge in [0.1, 0.15) is 0 Å². The number of benzene rings is 1. The number of hydrogen-bond acceptors (Lipinski definition) is 5. The first-order chi connectivity index (χ1) is 12.6. The number of aromatic nitrogens is 1. The number of fused-ring (bicyclic) bond motifs is 1. The predicted octanol–water partition coefficient (Wildman–Crippen LogP) is 3.12. The number of hydrogen-bond donors (Lipinski definition) is 2. The third kappa shape index (κ3) is 3.78. The molecule has 1 saturated carbocycles. The van der Waals surface area contributed by atoms with Crippen molar-refractivity contribution in [2.24, 2.45) is 5.92 Å². The molecule has 7 heteroatoms. The van der Waals surface area contributed by atoms with E-state index >= 15 is 0 Å². The van der Waals surface area contributed by atoms with Gasteiger partial charge in [0.05, 0.1) is 5.69 Å². The van der Waals surface area contributed by atoms with Gasteiger partial charge in [0.15, 0.2) is 5.13 Å². The maximum atomic E-state index is 12.5. The van der Waals surface area contributed by atoms with Crippen LogP contribution in [0, 0.1) is 5.92 Å². The summed E-state index contributed by atoms with van der Waals surface area (Å²) in [6, 6.07) is 6.98. The minimum Gasteiger partial charge on any atom is -0.326 e. The first-order valence-corrected chi connectivity index (χ1v) is 9.87. The summed E-state index contributed by atoms with van der Waals surface area (Å²) in [4.78, 5) is 32.4. The zero-order chi connectivity index (χ0) is 18.1. The lowest BCUT2D eigenvalue weighted by atomic mass is 10.2. The molecule has 2 aliphatic rings. The fourth-order valence-corrected chi connectivity index (χ4v) is 4.08. The van der Waals surface area contributed by atoms with Crippen LogP contribution in [0.2, 0.25) is 0 Å². The van der Waals surface area contributed by atoms with Crippen LogP contribution in [0.4, 0.5) is 10.8 Å². The zero-order valence-corrected chi connectivity index (χ0v) is 15.6. The van der Waals surface area contributed by atoms with Crippen LogP contribution in [0.1, 0.15) is 40.7 Å². The van der Waals surface area contributed by atoms with Crippen molar-refractivity contribution < 1.29 is 9.59 Å². The Labute approximate surface area is 156 Å². The third-order valence-electron chi connectivity index (χ3n) is 4.84. The summed E-state index contributed by atoms with van der Waals surface area (Å²) in [7, 11) is 0. The number of amides is 2. The summed E-state index contributed by atoms with van der Waals surface area (Å²) in [5.41, 5.74) is 2.38. The molecule has 0 bridgehead atoms. The second-order valence-corrected chi connectivity index (χ2v) is 7.89. The molecule has 2 aromatic rings. The van der Waals surface area contributed by atoms with Crippen LogP contribution < -0.4 is 10.6 Å². The Kier molecular flexibility index (Phi) is 4.74. The normalized spacial score (nSPS) is 16.8. The smallest absolute Gasteiger partial charge is 0.257 e. The van der Waals surface area contributed by atoms with Crippen molar-refractivity contribution in [2.45, 2.75) is 32.7 Å². The van der Waals surface area contributed by atoms with Gasteiger partial charge in [-0.3, -0.25) is 19.8 Å². The second kappa shape index (κ2) is 7.17. The van der Waals surface area contributed by atoms with Gasteiger partial charge < -0.3 is 5.32 Å². The summed E-state index contributed by atoms with van der Waals surface area (Å²) in [6.07, 6.45) is 2.88. The Hall–Kier alpha value is -2.25. The van der Waals surface area contributed by atoms with Gasteiger partial charge in [-0.15, -0.1) is 11.3 Å². The molecule has 136 valence electrons. The fourth-order valence-electron chi connectivity index (χ4n) is 3.04. The Morgan fingerprint density at radius 2 is 2.00 bits per heavy atom. The number of nitrogens with one attached hydrogen (secondary N) is 2. The van der Waals surface area contributed by atoms with E-state index in [0.717, 1.165) is 50.3 Å². The maximum absolute atomic E-state index is 12.5. The van der Waals surface area contributed by atoms with E-state index in [1.54, 1.807) is 35.6 Å². The van der Waals surface area contributed by atoms with Gasteiger partial charge in [-0.05, 0) is 43.7 Å². The topological polar surface area (TPSA) is 74.3 Å². The maximum Gasteiger partial charge on any atom is 0.257 e. The highest BCUT2D eigenvalue weighted by Crippen LogP contribution is 2.30. The highest BCUT2D eigenvalue weighted by atomic mass is 32.1. The van der Waals surface area contributed by atoms with Crippen molar-refractivity contribution in [1.82, 2.24) is 9.88 Å². The van der Waals surface area contributed by atoms with Gasteiger partial charge in [0, 0.05) is 41.6 Å². The number of nitrogens with zero attached hydrogens (tertiary/aromatic N) is 2.